The van der Waals surface area contributed by atoms with Crippen molar-refractivity contribution < 1.29 is 17.9 Å². The van der Waals surface area contributed by atoms with Crippen LogP contribution in [0.15, 0.2) is 41.3 Å². The number of hydrogen-bond donors (Lipinski definition) is 0. The minimum atomic E-state index is -3.72. The second-order valence-corrected chi connectivity index (χ2v) is 7.29. The molecule has 1 heterocycles. The topological polar surface area (TPSA) is 63.7 Å². The zero-order chi connectivity index (χ0) is 16.3. The van der Waals surface area contributed by atoms with Crippen LogP contribution in [0, 0.1) is 6.92 Å². The lowest BCUT2D eigenvalue weighted by Crippen LogP contribution is -2.49. The first-order chi connectivity index (χ1) is 10.4. The molecule has 1 atom stereocenters. The molecule has 1 saturated heterocycles. The van der Waals surface area contributed by atoms with Gasteiger partial charge in [0.05, 0.1) is 11.5 Å². The van der Waals surface area contributed by atoms with E-state index in [1.807, 2.05) is 6.92 Å². The number of esters is 1. The fraction of sp³-hybridized carbons (Fsp3) is 0.438. The standard InChI is InChI=1S/C16H21NO4S/c1-4-21-16(18)15-11-13(3)9-10-17(15)22(19,20)14-7-5-12(2)6-8-14/h5-8,15H,3-4,9-11H2,1-2H3. The average Bonchev–Trinajstić information content (AvgIpc) is 2.47. The number of nitrogens with zero attached hydrogens (tertiary/aromatic N) is 1. The van der Waals surface area contributed by atoms with Gasteiger partial charge in [0.25, 0.3) is 0 Å². The van der Waals surface area contributed by atoms with E-state index in [0.717, 1.165) is 11.1 Å². The molecule has 1 aliphatic rings. The van der Waals surface area contributed by atoms with Crippen LogP contribution in [0.4, 0.5) is 0 Å². The van der Waals surface area contributed by atoms with Gasteiger partial charge in [0.15, 0.2) is 0 Å². The molecule has 0 radical (unpaired) electrons. The molecule has 1 aromatic carbocycles. The molecule has 1 unspecified atom stereocenters. The van der Waals surface area contributed by atoms with Crippen LogP contribution < -0.4 is 0 Å². The first-order valence-corrected chi connectivity index (χ1v) is 8.72. The van der Waals surface area contributed by atoms with E-state index in [9.17, 15) is 13.2 Å². The lowest BCUT2D eigenvalue weighted by atomic mass is 10.0. The Morgan fingerprint density at radius 2 is 2.00 bits per heavy atom. The van der Waals surface area contributed by atoms with E-state index in [1.54, 1.807) is 31.2 Å². The molecule has 22 heavy (non-hydrogen) atoms. The number of carbonyl (C=O) groups is 1. The van der Waals surface area contributed by atoms with Crippen LogP contribution in [-0.2, 0) is 19.6 Å². The van der Waals surface area contributed by atoms with Gasteiger partial charge in [-0.25, -0.2) is 8.42 Å². The molecule has 1 fully saturated rings. The van der Waals surface area contributed by atoms with E-state index in [-0.39, 0.29) is 18.0 Å². The molecule has 0 spiro atoms. The van der Waals surface area contributed by atoms with Gasteiger partial charge < -0.3 is 4.74 Å². The zero-order valence-corrected chi connectivity index (χ0v) is 13.7. The predicted molar refractivity (Wildman–Crippen MR) is 83.9 cm³/mol. The molecule has 0 bridgehead atoms. The lowest BCUT2D eigenvalue weighted by Gasteiger charge is -2.34. The van der Waals surface area contributed by atoms with Crippen molar-refractivity contribution in [2.75, 3.05) is 13.2 Å². The number of hydrogen-bond acceptors (Lipinski definition) is 4. The molecule has 2 rings (SSSR count). The average molecular weight is 323 g/mol. The van der Waals surface area contributed by atoms with Gasteiger partial charge in [-0.05, 0) is 38.8 Å². The maximum atomic E-state index is 12.8. The molecule has 0 saturated carbocycles. The van der Waals surface area contributed by atoms with E-state index in [0.29, 0.717) is 12.8 Å². The summed E-state index contributed by atoms with van der Waals surface area (Å²) < 4.78 is 31.9. The van der Waals surface area contributed by atoms with Crippen LogP contribution in [0.2, 0.25) is 0 Å². The summed E-state index contributed by atoms with van der Waals surface area (Å²) in [6, 6.07) is 5.80. The predicted octanol–water partition coefficient (Wildman–Crippen LogP) is 2.27. The molecule has 0 aromatic heterocycles. The molecule has 120 valence electrons. The Morgan fingerprint density at radius 3 is 2.59 bits per heavy atom. The Kier molecular flexibility index (Phi) is 5.03. The monoisotopic (exact) mass is 323 g/mol. The Balaban J connectivity index is 2.35. The largest absolute Gasteiger partial charge is 0.465 e. The van der Waals surface area contributed by atoms with Gasteiger partial charge >= 0.3 is 5.97 Å². The van der Waals surface area contributed by atoms with Gasteiger partial charge in [-0.3, -0.25) is 4.79 Å². The summed E-state index contributed by atoms with van der Waals surface area (Å²) >= 11 is 0. The summed E-state index contributed by atoms with van der Waals surface area (Å²) in [6.45, 7) is 7.94. The Labute approximate surface area is 131 Å². The first-order valence-electron chi connectivity index (χ1n) is 7.28. The number of benzene rings is 1. The molecule has 0 amide bonds. The Morgan fingerprint density at radius 1 is 1.36 bits per heavy atom. The maximum Gasteiger partial charge on any atom is 0.324 e. The highest BCUT2D eigenvalue weighted by Crippen LogP contribution is 2.28. The van der Waals surface area contributed by atoms with Gasteiger partial charge in [0.2, 0.25) is 10.0 Å². The second-order valence-electron chi connectivity index (χ2n) is 5.40. The van der Waals surface area contributed by atoms with Crippen molar-refractivity contribution in [1.29, 1.82) is 0 Å². The number of carbonyl (C=O) groups excluding carboxylic acids is 1. The molecule has 1 aromatic rings. The molecular formula is C16H21NO4S. The van der Waals surface area contributed by atoms with Gasteiger partial charge in [-0.15, -0.1) is 0 Å². The summed E-state index contributed by atoms with van der Waals surface area (Å²) in [5, 5.41) is 0. The van der Waals surface area contributed by atoms with Crippen molar-refractivity contribution in [2.24, 2.45) is 0 Å². The van der Waals surface area contributed by atoms with Crippen LogP contribution in [0.3, 0.4) is 0 Å². The summed E-state index contributed by atoms with van der Waals surface area (Å²) in [6.07, 6.45) is 0.866. The fourth-order valence-electron chi connectivity index (χ4n) is 2.47. The molecular weight excluding hydrogens is 302 g/mol. The smallest absolute Gasteiger partial charge is 0.324 e. The summed E-state index contributed by atoms with van der Waals surface area (Å²) in [5.41, 5.74) is 1.85. The van der Waals surface area contributed by atoms with Crippen LogP contribution in [0.25, 0.3) is 0 Å². The van der Waals surface area contributed by atoms with Crippen molar-refractivity contribution in [3.63, 3.8) is 0 Å². The van der Waals surface area contributed by atoms with Crippen LogP contribution >= 0.6 is 0 Å². The number of piperidine rings is 1. The second kappa shape index (κ2) is 6.62. The van der Waals surface area contributed by atoms with Crippen molar-refractivity contribution in [3.8, 4) is 0 Å². The molecule has 6 heteroatoms. The highest BCUT2D eigenvalue weighted by molar-refractivity contribution is 7.89. The maximum absolute atomic E-state index is 12.8. The highest BCUT2D eigenvalue weighted by Gasteiger charge is 2.39. The van der Waals surface area contributed by atoms with Gasteiger partial charge in [-0.2, -0.15) is 4.31 Å². The van der Waals surface area contributed by atoms with Gasteiger partial charge in [0.1, 0.15) is 6.04 Å². The Hall–Kier alpha value is -1.66. The third-order valence-electron chi connectivity index (χ3n) is 3.70. The van der Waals surface area contributed by atoms with E-state index in [2.05, 4.69) is 6.58 Å². The van der Waals surface area contributed by atoms with Crippen LogP contribution in [-0.4, -0.2) is 37.9 Å². The van der Waals surface area contributed by atoms with Gasteiger partial charge in [-0.1, -0.05) is 29.8 Å². The fourth-order valence-corrected chi connectivity index (χ4v) is 4.05. The molecule has 1 aliphatic heterocycles. The number of ether oxygens (including phenoxy) is 1. The van der Waals surface area contributed by atoms with E-state index >= 15 is 0 Å². The number of aryl methyl sites for hydroxylation is 1. The van der Waals surface area contributed by atoms with E-state index in [1.165, 1.54) is 4.31 Å². The van der Waals surface area contributed by atoms with Crippen molar-refractivity contribution in [1.82, 2.24) is 4.31 Å². The summed E-state index contributed by atoms with van der Waals surface area (Å²) in [4.78, 5) is 12.3. The van der Waals surface area contributed by atoms with E-state index in [4.69, 9.17) is 4.74 Å². The molecule has 0 aliphatic carbocycles. The summed E-state index contributed by atoms with van der Waals surface area (Å²) in [7, 11) is -3.72. The number of sulfonamides is 1. The molecule has 0 N–H and O–H groups in total. The highest BCUT2D eigenvalue weighted by atomic mass is 32.2. The number of rotatable bonds is 4. The van der Waals surface area contributed by atoms with Crippen LogP contribution in [0.5, 0.6) is 0 Å². The Bertz CT molecular complexity index is 664. The summed E-state index contributed by atoms with van der Waals surface area (Å²) in [5.74, 6) is -0.515. The lowest BCUT2D eigenvalue weighted by molar-refractivity contribution is -0.148. The van der Waals surface area contributed by atoms with E-state index < -0.39 is 22.0 Å². The SMILES string of the molecule is C=C1CCN(S(=O)(=O)c2ccc(C)cc2)C(C(=O)OCC)C1. The first kappa shape index (κ1) is 16.7. The van der Waals surface area contributed by atoms with Crippen molar-refractivity contribution >= 4 is 16.0 Å². The minimum absolute atomic E-state index is 0.194. The third kappa shape index (κ3) is 3.39. The zero-order valence-electron chi connectivity index (χ0n) is 12.9. The quantitative estimate of drug-likeness (QED) is 0.630. The van der Waals surface area contributed by atoms with Crippen molar-refractivity contribution in [3.05, 3.63) is 42.0 Å². The minimum Gasteiger partial charge on any atom is -0.465 e. The van der Waals surface area contributed by atoms with Crippen LogP contribution in [0.1, 0.15) is 25.3 Å². The van der Waals surface area contributed by atoms with Crippen molar-refractivity contribution in [2.45, 2.75) is 37.6 Å². The third-order valence-corrected chi connectivity index (χ3v) is 5.62. The van der Waals surface area contributed by atoms with Gasteiger partial charge in [0, 0.05) is 6.54 Å². The normalized spacial score (nSPS) is 19.9. The molecule has 5 nitrogen and oxygen atoms in total.